The van der Waals surface area contributed by atoms with E-state index >= 15 is 0 Å². The molecule has 2 N–H and O–H groups in total. The third-order valence-corrected chi connectivity index (χ3v) is 2.71. The number of ether oxygens (including phenoxy) is 1. The second-order valence-corrected chi connectivity index (χ2v) is 4.70. The number of aromatic nitrogens is 1. The minimum absolute atomic E-state index is 0.105. The number of rotatable bonds is 4. The molecule has 3 nitrogen and oxygen atoms in total. The molecule has 1 unspecified atom stereocenters. The lowest BCUT2D eigenvalue weighted by Crippen LogP contribution is -2.17. The minimum Gasteiger partial charge on any atom is -0.439 e. The van der Waals surface area contributed by atoms with Crippen LogP contribution in [-0.2, 0) is 6.42 Å². The van der Waals surface area contributed by atoms with E-state index in [-0.39, 0.29) is 11.9 Å². The van der Waals surface area contributed by atoms with Crippen LogP contribution in [0.1, 0.15) is 18.1 Å². The molecule has 1 heterocycles. The number of nitrogens with two attached hydrogens (primary N) is 1. The van der Waals surface area contributed by atoms with Crippen molar-refractivity contribution in [1.29, 1.82) is 0 Å². The van der Waals surface area contributed by atoms with E-state index in [9.17, 15) is 4.39 Å². The molecule has 1 aromatic heterocycles. The van der Waals surface area contributed by atoms with Crippen molar-refractivity contribution in [3.63, 3.8) is 0 Å². The SMILES string of the molecule is Cc1cc(F)ccc1Oc1ccc(CC(C)N)cn1. The van der Waals surface area contributed by atoms with Crippen molar-refractivity contribution >= 4 is 0 Å². The molecule has 0 saturated heterocycles. The van der Waals surface area contributed by atoms with E-state index in [1.165, 1.54) is 12.1 Å². The van der Waals surface area contributed by atoms with Gasteiger partial charge in [-0.05, 0) is 49.6 Å². The summed E-state index contributed by atoms with van der Waals surface area (Å²) >= 11 is 0. The standard InChI is InChI=1S/C15H17FN2O/c1-10-7-13(16)4-5-14(10)19-15-6-3-12(9-18-15)8-11(2)17/h3-7,9,11H,8,17H2,1-2H3. The molecule has 0 aliphatic rings. The van der Waals surface area contributed by atoms with Gasteiger partial charge in [-0.25, -0.2) is 9.37 Å². The second-order valence-electron chi connectivity index (χ2n) is 4.70. The van der Waals surface area contributed by atoms with Gasteiger partial charge in [-0.3, -0.25) is 0 Å². The number of hydrogen-bond acceptors (Lipinski definition) is 3. The maximum Gasteiger partial charge on any atom is 0.219 e. The highest BCUT2D eigenvalue weighted by Crippen LogP contribution is 2.24. The summed E-state index contributed by atoms with van der Waals surface area (Å²) in [6, 6.07) is 8.23. The fraction of sp³-hybridized carbons (Fsp3) is 0.267. The van der Waals surface area contributed by atoms with Crippen LogP contribution in [0.2, 0.25) is 0 Å². The van der Waals surface area contributed by atoms with E-state index in [2.05, 4.69) is 4.98 Å². The van der Waals surface area contributed by atoms with E-state index in [4.69, 9.17) is 10.5 Å². The van der Waals surface area contributed by atoms with Crippen molar-refractivity contribution in [2.75, 3.05) is 0 Å². The van der Waals surface area contributed by atoms with Gasteiger partial charge in [-0.15, -0.1) is 0 Å². The van der Waals surface area contributed by atoms with E-state index < -0.39 is 0 Å². The Balaban J connectivity index is 2.10. The molecule has 0 aliphatic heterocycles. The number of halogens is 1. The lowest BCUT2D eigenvalue weighted by molar-refractivity contribution is 0.457. The first-order chi connectivity index (χ1) is 9.04. The van der Waals surface area contributed by atoms with Crippen LogP contribution in [0.3, 0.4) is 0 Å². The monoisotopic (exact) mass is 260 g/mol. The van der Waals surface area contributed by atoms with Gasteiger partial charge in [0.25, 0.3) is 0 Å². The second kappa shape index (κ2) is 5.80. The van der Waals surface area contributed by atoms with Gasteiger partial charge in [0, 0.05) is 18.3 Å². The summed E-state index contributed by atoms with van der Waals surface area (Å²) in [5.41, 5.74) is 7.53. The Labute approximate surface area is 112 Å². The molecule has 0 fully saturated rings. The Morgan fingerprint density at radius 3 is 2.68 bits per heavy atom. The van der Waals surface area contributed by atoms with Gasteiger partial charge in [-0.2, -0.15) is 0 Å². The number of hydrogen-bond donors (Lipinski definition) is 1. The molecule has 0 radical (unpaired) electrons. The summed E-state index contributed by atoms with van der Waals surface area (Å²) in [6.07, 6.45) is 2.53. The molecule has 2 rings (SSSR count). The molecule has 0 spiro atoms. The molecule has 100 valence electrons. The Bertz CT molecular complexity index is 553. The van der Waals surface area contributed by atoms with Gasteiger partial charge >= 0.3 is 0 Å². The quantitative estimate of drug-likeness (QED) is 0.918. The van der Waals surface area contributed by atoms with E-state index in [1.807, 2.05) is 13.0 Å². The average molecular weight is 260 g/mol. The van der Waals surface area contributed by atoms with Gasteiger partial charge in [0.05, 0.1) is 0 Å². The molecule has 0 saturated carbocycles. The molecule has 0 aliphatic carbocycles. The average Bonchev–Trinajstić information content (AvgIpc) is 2.34. The lowest BCUT2D eigenvalue weighted by atomic mass is 10.1. The summed E-state index contributed by atoms with van der Waals surface area (Å²) in [5, 5.41) is 0. The molecule has 1 atom stereocenters. The molecule has 0 amide bonds. The molecule has 19 heavy (non-hydrogen) atoms. The zero-order valence-corrected chi connectivity index (χ0v) is 11.1. The van der Waals surface area contributed by atoms with Crippen LogP contribution in [0.4, 0.5) is 4.39 Å². The number of benzene rings is 1. The van der Waals surface area contributed by atoms with E-state index in [0.717, 1.165) is 17.5 Å². The fourth-order valence-corrected chi connectivity index (χ4v) is 1.80. The summed E-state index contributed by atoms with van der Waals surface area (Å²) < 4.78 is 18.6. The fourth-order valence-electron chi connectivity index (χ4n) is 1.80. The van der Waals surface area contributed by atoms with Crippen LogP contribution >= 0.6 is 0 Å². The van der Waals surface area contributed by atoms with Crippen molar-refractivity contribution in [2.24, 2.45) is 5.73 Å². The molecule has 4 heteroatoms. The predicted octanol–water partition coefficient (Wildman–Crippen LogP) is 3.21. The topological polar surface area (TPSA) is 48.1 Å². The third-order valence-electron chi connectivity index (χ3n) is 2.71. The molecular formula is C15H17FN2O. The van der Waals surface area contributed by atoms with E-state index in [1.54, 1.807) is 25.3 Å². The highest BCUT2D eigenvalue weighted by atomic mass is 19.1. The van der Waals surface area contributed by atoms with Gasteiger partial charge in [0.1, 0.15) is 11.6 Å². The highest BCUT2D eigenvalue weighted by molar-refractivity contribution is 5.35. The summed E-state index contributed by atoms with van der Waals surface area (Å²) in [6.45, 7) is 3.75. The smallest absolute Gasteiger partial charge is 0.219 e. The molecule has 0 bridgehead atoms. The van der Waals surface area contributed by atoms with Crippen LogP contribution in [0.5, 0.6) is 11.6 Å². The normalized spacial score (nSPS) is 12.2. The first kappa shape index (κ1) is 13.5. The first-order valence-electron chi connectivity index (χ1n) is 6.19. The number of pyridine rings is 1. The maximum absolute atomic E-state index is 13.0. The Kier molecular flexibility index (Phi) is 4.12. The van der Waals surface area contributed by atoms with Gasteiger partial charge in [0.15, 0.2) is 0 Å². The maximum atomic E-state index is 13.0. The Morgan fingerprint density at radius 2 is 2.11 bits per heavy atom. The van der Waals surface area contributed by atoms with Gasteiger partial charge < -0.3 is 10.5 Å². The summed E-state index contributed by atoms with van der Waals surface area (Å²) in [4.78, 5) is 4.22. The van der Waals surface area contributed by atoms with Gasteiger partial charge in [-0.1, -0.05) is 6.07 Å². The van der Waals surface area contributed by atoms with Crippen molar-refractivity contribution in [2.45, 2.75) is 26.3 Å². The minimum atomic E-state index is -0.273. The van der Waals surface area contributed by atoms with Crippen molar-refractivity contribution < 1.29 is 9.13 Å². The van der Waals surface area contributed by atoms with Crippen LogP contribution in [0.15, 0.2) is 36.5 Å². The zero-order chi connectivity index (χ0) is 13.8. The molecule has 1 aromatic carbocycles. The van der Waals surface area contributed by atoms with Crippen LogP contribution in [0.25, 0.3) is 0 Å². The molecular weight excluding hydrogens is 243 g/mol. The van der Waals surface area contributed by atoms with Gasteiger partial charge in [0.2, 0.25) is 5.88 Å². The lowest BCUT2D eigenvalue weighted by Gasteiger charge is -2.09. The van der Waals surface area contributed by atoms with Crippen LogP contribution < -0.4 is 10.5 Å². The van der Waals surface area contributed by atoms with Crippen LogP contribution in [0, 0.1) is 12.7 Å². The summed E-state index contributed by atoms with van der Waals surface area (Å²) in [7, 11) is 0. The van der Waals surface area contributed by atoms with Crippen LogP contribution in [-0.4, -0.2) is 11.0 Å². The first-order valence-corrected chi connectivity index (χ1v) is 6.19. The number of nitrogens with zero attached hydrogens (tertiary/aromatic N) is 1. The highest BCUT2D eigenvalue weighted by Gasteiger charge is 2.04. The largest absolute Gasteiger partial charge is 0.439 e. The Hall–Kier alpha value is -1.94. The van der Waals surface area contributed by atoms with Crippen molar-refractivity contribution in [1.82, 2.24) is 4.98 Å². The Morgan fingerprint density at radius 1 is 1.32 bits per heavy atom. The third kappa shape index (κ3) is 3.76. The number of aryl methyl sites for hydroxylation is 1. The zero-order valence-electron chi connectivity index (χ0n) is 11.1. The van der Waals surface area contributed by atoms with Crippen molar-refractivity contribution in [3.05, 3.63) is 53.5 Å². The van der Waals surface area contributed by atoms with Crippen molar-refractivity contribution in [3.8, 4) is 11.6 Å². The van der Waals surface area contributed by atoms with E-state index in [0.29, 0.717) is 11.6 Å². The molecule has 2 aromatic rings. The summed E-state index contributed by atoms with van der Waals surface area (Å²) in [5.74, 6) is 0.821. The predicted molar refractivity (Wildman–Crippen MR) is 72.8 cm³/mol.